The van der Waals surface area contributed by atoms with Gasteiger partial charge >= 0.3 is 5.97 Å². The molecule has 2 atom stereocenters. The number of amides is 1. The van der Waals surface area contributed by atoms with E-state index in [0.717, 1.165) is 12.0 Å². The summed E-state index contributed by atoms with van der Waals surface area (Å²) >= 11 is 0. The van der Waals surface area contributed by atoms with Crippen LogP contribution in [0.3, 0.4) is 0 Å². The molecule has 0 bridgehead atoms. The molecule has 4 heteroatoms. The van der Waals surface area contributed by atoms with Gasteiger partial charge in [-0.25, -0.2) is 0 Å². The van der Waals surface area contributed by atoms with Gasteiger partial charge < -0.3 is 10.1 Å². The number of hydrogen-bond donors (Lipinski definition) is 1. The molecule has 20 heavy (non-hydrogen) atoms. The van der Waals surface area contributed by atoms with Crippen LogP contribution in [0.25, 0.3) is 0 Å². The summed E-state index contributed by atoms with van der Waals surface area (Å²) in [7, 11) is 0. The number of hydrogen-bond acceptors (Lipinski definition) is 3. The molecule has 0 saturated carbocycles. The topological polar surface area (TPSA) is 55.4 Å². The number of nitrogens with one attached hydrogen (secondary N) is 1. The van der Waals surface area contributed by atoms with Crippen LogP contribution in [-0.2, 0) is 14.3 Å². The van der Waals surface area contributed by atoms with E-state index in [1.165, 1.54) is 0 Å². The summed E-state index contributed by atoms with van der Waals surface area (Å²) in [4.78, 5) is 23.6. The lowest BCUT2D eigenvalue weighted by Crippen LogP contribution is -2.36. The van der Waals surface area contributed by atoms with Crippen molar-refractivity contribution in [1.82, 2.24) is 5.32 Å². The second kappa shape index (κ2) is 8.35. The first kappa shape index (κ1) is 16.2. The molecule has 1 amide bonds. The second-order valence-corrected chi connectivity index (χ2v) is 4.80. The third-order valence-corrected chi connectivity index (χ3v) is 3.37. The minimum atomic E-state index is -0.406. The maximum Gasteiger partial charge on any atom is 0.325 e. The van der Waals surface area contributed by atoms with Crippen LogP contribution in [0.5, 0.6) is 0 Å². The predicted molar refractivity (Wildman–Crippen MR) is 78.3 cm³/mol. The Balaban J connectivity index is 2.74. The molecule has 1 N–H and O–H groups in total. The van der Waals surface area contributed by atoms with Crippen molar-refractivity contribution >= 4 is 11.9 Å². The average Bonchev–Trinajstić information content (AvgIpc) is 2.46. The molecule has 2 unspecified atom stereocenters. The third kappa shape index (κ3) is 4.68. The van der Waals surface area contributed by atoms with E-state index in [2.05, 4.69) is 12.2 Å². The van der Waals surface area contributed by atoms with E-state index in [1.807, 2.05) is 37.3 Å². The van der Waals surface area contributed by atoms with E-state index in [1.54, 1.807) is 6.92 Å². The van der Waals surface area contributed by atoms with Crippen molar-refractivity contribution in [2.24, 2.45) is 5.92 Å². The zero-order valence-electron chi connectivity index (χ0n) is 12.4. The Hall–Kier alpha value is -1.84. The van der Waals surface area contributed by atoms with Gasteiger partial charge in [-0.05, 0) is 18.4 Å². The van der Waals surface area contributed by atoms with Crippen LogP contribution < -0.4 is 5.32 Å². The summed E-state index contributed by atoms with van der Waals surface area (Å²) < 4.78 is 4.81. The van der Waals surface area contributed by atoms with Gasteiger partial charge in [0.1, 0.15) is 6.54 Å². The van der Waals surface area contributed by atoms with E-state index < -0.39 is 5.97 Å². The van der Waals surface area contributed by atoms with Gasteiger partial charge in [0, 0.05) is 0 Å². The van der Waals surface area contributed by atoms with Gasteiger partial charge in [-0.2, -0.15) is 0 Å². The fourth-order valence-electron chi connectivity index (χ4n) is 2.12. The van der Waals surface area contributed by atoms with E-state index in [9.17, 15) is 9.59 Å². The molecule has 0 radical (unpaired) electrons. The molecule has 0 saturated heterocycles. The minimum absolute atomic E-state index is 0.0769. The first-order chi connectivity index (χ1) is 9.60. The van der Waals surface area contributed by atoms with Crippen molar-refractivity contribution < 1.29 is 14.3 Å². The van der Waals surface area contributed by atoms with Crippen molar-refractivity contribution in [2.45, 2.75) is 33.1 Å². The zero-order chi connectivity index (χ0) is 15.0. The van der Waals surface area contributed by atoms with E-state index >= 15 is 0 Å². The molecule has 0 aromatic heterocycles. The highest BCUT2D eigenvalue weighted by molar-refractivity contribution is 5.87. The zero-order valence-corrected chi connectivity index (χ0v) is 12.4. The van der Waals surface area contributed by atoms with Gasteiger partial charge in [-0.3, -0.25) is 9.59 Å². The molecule has 4 nitrogen and oxygen atoms in total. The predicted octanol–water partition coefficient (Wildman–Crippen LogP) is 2.50. The standard InChI is InChI=1S/C16H23NO3/c1-4-12(3)15(13-9-7-6-8-10-13)16(19)17-11-14(18)20-5-2/h6-10,12,15H,4-5,11H2,1-3H3,(H,17,19). The lowest BCUT2D eigenvalue weighted by atomic mass is 9.85. The van der Waals surface area contributed by atoms with Crippen molar-refractivity contribution in [3.05, 3.63) is 35.9 Å². The van der Waals surface area contributed by atoms with Gasteiger partial charge in [0.2, 0.25) is 5.91 Å². The summed E-state index contributed by atoms with van der Waals surface area (Å²) in [5.74, 6) is -0.564. The van der Waals surface area contributed by atoms with Crippen LogP contribution in [0.4, 0.5) is 0 Å². The fraction of sp³-hybridized carbons (Fsp3) is 0.500. The SMILES string of the molecule is CCOC(=O)CNC(=O)C(c1ccccc1)C(C)CC. The Morgan fingerprint density at radius 2 is 1.85 bits per heavy atom. The maximum absolute atomic E-state index is 12.3. The average molecular weight is 277 g/mol. The monoisotopic (exact) mass is 277 g/mol. The molecule has 0 aliphatic heterocycles. The number of carbonyl (C=O) groups excluding carboxylic acids is 2. The Morgan fingerprint density at radius 1 is 1.20 bits per heavy atom. The Kier molecular flexibility index (Phi) is 6.77. The summed E-state index contributed by atoms with van der Waals surface area (Å²) in [6, 6.07) is 9.65. The van der Waals surface area contributed by atoms with Crippen LogP contribution in [0.2, 0.25) is 0 Å². The van der Waals surface area contributed by atoms with E-state index in [0.29, 0.717) is 6.61 Å². The first-order valence-electron chi connectivity index (χ1n) is 7.08. The van der Waals surface area contributed by atoms with Crippen LogP contribution in [0.15, 0.2) is 30.3 Å². The molecule has 0 heterocycles. The van der Waals surface area contributed by atoms with Gasteiger partial charge in [0.15, 0.2) is 0 Å². The number of carbonyl (C=O) groups is 2. The molecule has 1 aromatic carbocycles. The van der Waals surface area contributed by atoms with Crippen LogP contribution >= 0.6 is 0 Å². The molecule has 1 rings (SSSR count). The highest BCUT2D eigenvalue weighted by atomic mass is 16.5. The fourth-order valence-corrected chi connectivity index (χ4v) is 2.12. The smallest absolute Gasteiger partial charge is 0.325 e. The van der Waals surface area contributed by atoms with Crippen LogP contribution in [0.1, 0.15) is 38.7 Å². The first-order valence-corrected chi connectivity index (χ1v) is 7.08. The summed E-state index contributed by atoms with van der Waals surface area (Å²) in [6.45, 7) is 6.08. The number of ether oxygens (including phenoxy) is 1. The van der Waals surface area contributed by atoms with Crippen molar-refractivity contribution in [3.8, 4) is 0 Å². The van der Waals surface area contributed by atoms with Gasteiger partial charge in [0.05, 0.1) is 12.5 Å². The van der Waals surface area contributed by atoms with Crippen LogP contribution in [-0.4, -0.2) is 25.0 Å². The van der Waals surface area contributed by atoms with Gasteiger partial charge in [-0.1, -0.05) is 50.6 Å². The normalized spacial score (nSPS) is 13.3. The Bertz CT molecular complexity index is 431. The highest BCUT2D eigenvalue weighted by Crippen LogP contribution is 2.26. The summed E-state index contributed by atoms with van der Waals surface area (Å²) in [5, 5.41) is 2.67. The second-order valence-electron chi connectivity index (χ2n) is 4.80. The number of esters is 1. The molecular weight excluding hydrogens is 254 g/mol. The molecule has 0 aliphatic carbocycles. The van der Waals surface area contributed by atoms with E-state index in [-0.39, 0.29) is 24.3 Å². The lowest BCUT2D eigenvalue weighted by Gasteiger charge is -2.22. The Morgan fingerprint density at radius 3 is 2.40 bits per heavy atom. The highest BCUT2D eigenvalue weighted by Gasteiger charge is 2.25. The van der Waals surface area contributed by atoms with Crippen molar-refractivity contribution in [3.63, 3.8) is 0 Å². The van der Waals surface area contributed by atoms with Crippen molar-refractivity contribution in [2.75, 3.05) is 13.2 Å². The van der Waals surface area contributed by atoms with Gasteiger partial charge in [0.25, 0.3) is 0 Å². The Labute approximate surface area is 120 Å². The van der Waals surface area contributed by atoms with Crippen LogP contribution in [0, 0.1) is 5.92 Å². The molecule has 110 valence electrons. The molecule has 0 fully saturated rings. The molecule has 0 aliphatic rings. The molecule has 1 aromatic rings. The number of rotatable bonds is 7. The lowest BCUT2D eigenvalue weighted by molar-refractivity contribution is -0.143. The van der Waals surface area contributed by atoms with E-state index in [4.69, 9.17) is 4.74 Å². The third-order valence-electron chi connectivity index (χ3n) is 3.37. The van der Waals surface area contributed by atoms with Crippen molar-refractivity contribution in [1.29, 1.82) is 0 Å². The summed E-state index contributed by atoms with van der Waals surface area (Å²) in [5.41, 5.74) is 0.975. The van der Waals surface area contributed by atoms with Gasteiger partial charge in [-0.15, -0.1) is 0 Å². The number of benzene rings is 1. The minimum Gasteiger partial charge on any atom is -0.465 e. The largest absolute Gasteiger partial charge is 0.465 e. The maximum atomic E-state index is 12.3. The molecule has 0 spiro atoms. The quantitative estimate of drug-likeness (QED) is 0.779. The summed E-state index contributed by atoms with van der Waals surface area (Å²) in [6.07, 6.45) is 0.895. The molecular formula is C16H23NO3.